The molecule has 0 heterocycles. The van der Waals surface area contributed by atoms with Crippen LogP contribution < -0.4 is 5.32 Å². The van der Waals surface area contributed by atoms with E-state index in [2.05, 4.69) is 5.32 Å². The van der Waals surface area contributed by atoms with Crippen LogP contribution in [-0.4, -0.2) is 30.8 Å². The number of Topliss-reactive ketones (excluding diaryl/α,β-unsaturated/α-hetero) is 1. The van der Waals surface area contributed by atoms with E-state index in [1.807, 2.05) is 19.1 Å². The number of esters is 1. The lowest BCUT2D eigenvalue weighted by molar-refractivity contribution is -0.144. The largest absolute Gasteiger partial charge is 0.457 e. The topological polar surface area (TPSA) is 72.5 Å². The van der Waals surface area contributed by atoms with Crippen molar-refractivity contribution < 1.29 is 19.1 Å². The van der Waals surface area contributed by atoms with Gasteiger partial charge in [-0.05, 0) is 30.7 Å². The molecule has 2 rings (SSSR count). The molecule has 0 saturated heterocycles. The molecule has 0 bridgehead atoms. The lowest BCUT2D eigenvalue weighted by Gasteiger charge is -2.06. The number of aryl methyl sites for hydroxylation is 1. The molecule has 124 valence electrons. The lowest BCUT2D eigenvalue weighted by Crippen LogP contribution is -2.21. The molecule has 23 heavy (non-hydrogen) atoms. The molecule has 1 aliphatic carbocycles. The fourth-order valence-electron chi connectivity index (χ4n) is 2.39. The minimum Gasteiger partial charge on any atom is -0.457 e. The Balaban J connectivity index is 1.73. The third-order valence-electron chi connectivity index (χ3n) is 4.05. The van der Waals surface area contributed by atoms with Gasteiger partial charge in [-0.25, -0.2) is 0 Å². The second-order valence-corrected chi connectivity index (χ2v) is 6.13. The predicted octanol–water partition coefficient (Wildman–Crippen LogP) is 2.14. The van der Waals surface area contributed by atoms with Gasteiger partial charge >= 0.3 is 5.97 Å². The summed E-state index contributed by atoms with van der Waals surface area (Å²) in [6.07, 6.45) is 2.55. The molecule has 0 spiro atoms. The van der Waals surface area contributed by atoms with Gasteiger partial charge in [0.05, 0.1) is 5.92 Å². The average molecular weight is 317 g/mol. The summed E-state index contributed by atoms with van der Waals surface area (Å²) in [5.41, 5.74) is 1.66. The first-order chi connectivity index (χ1) is 11.0. The Kier molecular flexibility index (Phi) is 5.90. The third-order valence-corrected chi connectivity index (χ3v) is 4.05. The highest BCUT2D eigenvalue weighted by Crippen LogP contribution is 2.38. The number of benzene rings is 1. The van der Waals surface area contributed by atoms with E-state index in [0.29, 0.717) is 18.0 Å². The van der Waals surface area contributed by atoms with Gasteiger partial charge in [-0.1, -0.05) is 31.2 Å². The van der Waals surface area contributed by atoms with Crippen LogP contribution in [0.4, 0.5) is 0 Å². The van der Waals surface area contributed by atoms with Crippen LogP contribution in [0, 0.1) is 11.8 Å². The summed E-state index contributed by atoms with van der Waals surface area (Å²) in [4.78, 5) is 34.4. The monoisotopic (exact) mass is 317 g/mol. The Morgan fingerprint density at radius 3 is 2.43 bits per heavy atom. The zero-order valence-corrected chi connectivity index (χ0v) is 13.6. The third kappa shape index (κ3) is 5.51. The number of hydrogen-bond donors (Lipinski definition) is 1. The van der Waals surface area contributed by atoms with Crippen LogP contribution in [0.25, 0.3) is 0 Å². The summed E-state index contributed by atoms with van der Waals surface area (Å²) in [5.74, 6) is -0.110. The van der Waals surface area contributed by atoms with Gasteiger partial charge in [0.1, 0.15) is 0 Å². The fraction of sp³-hybridized carbons (Fsp3) is 0.500. The smallest absolute Gasteiger partial charge is 0.309 e. The van der Waals surface area contributed by atoms with Crippen LogP contribution in [-0.2, 0) is 20.7 Å². The maximum atomic E-state index is 12.0. The summed E-state index contributed by atoms with van der Waals surface area (Å²) >= 11 is 0. The maximum Gasteiger partial charge on any atom is 0.309 e. The van der Waals surface area contributed by atoms with Crippen molar-refractivity contribution in [2.45, 2.75) is 33.1 Å². The van der Waals surface area contributed by atoms with Gasteiger partial charge in [-0.3, -0.25) is 14.4 Å². The van der Waals surface area contributed by atoms with E-state index in [0.717, 1.165) is 24.8 Å². The molecule has 5 heteroatoms. The van der Waals surface area contributed by atoms with Gasteiger partial charge in [0.2, 0.25) is 5.91 Å². The summed E-state index contributed by atoms with van der Waals surface area (Å²) in [6, 6.07) is 7.30. The van der Waals surface area contributed by atoms with Gasteiger partial charge in [-0.15, -0.1) is 0 Å². The number of carbonyl (C=O) groups excluding carboxylic acids is 3. The van der Waals surface area contributed by atoms with E-state index >= 15 is 0 Å². The van der Waals surface area contributed by atoms with Crippen LogP contribution >= 0.6 is 0 Å². The summed E-state index contributed by atoms with van der Waals surface area (Å²) in [5, 5.41) is 2.75. The minimum atomic E-state index is -0.263. The number of carbonyl (C=O) groups is 3. The SMILES string of the molecule is CC(=O)NCCCc1ccc(C(=O)COC(=O)[C@H]2C[C@H]2C)cc1. The molecule has 2 atom stereocenters. The van der Waals surface area contributed by atoms with Crippen molar-refractivity contribution in [3.8, 4) is 0 Å². The van der Waals surface area contributed by atoms with Crippen molar-refractivity contribution in [2.75, 3.05) is 13.2 Å². The van der Waals surface area contributed by atoms with Crippen molar-refractivity contribution in [2.24, 2.45) is 11.8 Å². The zero-order valence-electron chi connectivity index (χ0n) is 13.6. The quantitative estimate of drug-likeness (QED) is 0.453. The molecule has 1 aromatic carbocycles. The first kappa shape index (κ1) is 17.2. The Morgan fingerprint density at radius 2 is 1.87 bits per heavy atom. The molecule has 1 aromatic rings. The lowest BCUT2D eigenvalue weighted by atomic mass is 10.1. The Bertz CT molecular complexity index is 579. The van der Waals surface area contributed by atoms with E-state index in [9.17, 15) is 14.4 Å². The van der Waals surface area contributed by atoms with Crippen molar-refractivity contribution >= 4 is 17.7 Å². The standard InChI is InChI=1S/C18H23NO4/c1-12-10-16(12)18(22)23-11-17(21)15-7-5-14(6-8-15)4-3-9-19-13(2)20/h5-8,12,16H,3-4,9-11H2,1-2H3,(H,19,20)/t12-,16+/m1/s1. The van der Waals surface area contributed by atoms with Crippen LogP contribution in [0.2, 0.25) is 0 Å². The molecular formula is C18H23NO4. The molecule has 1 fully saturated rings. The van der Waals surface area contributed by atoms with Crippen LogP contribution in [0.3, 0.4) is 0 Å². The highest BCUT2D eigenvalue weighted by molar-refractivity contribution is 5.98. The van der Waals surface area contributed by atoms with Gasteiger partial charge in [0, 0.05) is 19.0 Å². The fourth-order valence-corrected chi connectivity index (χ4v) is 2.39. The van der Waals surface area contributed by atoms with Gasteiger partial charge < -0.3 is 10.1 Å². The molecule has 1 N–H and O–H groups in total. The van der Waals surface area contributed by atoms with Gasteiger partial charge in [0.25, 0.3) is 0 Å². The molecule has 5 nitrogen and oxygen atoms in total. The predicted molar refractivity (Wildman–Crippen MR) is 86.0 cm³/mol. The molecule has 0 unspecified atom stereocenters. The number of ether oxygens (including phenoxy) is 1. The molecule has 1 amide bonds. The Hall–Kier alpha value is -2.17. The minimum absolute atomic E-state index is 0.0196. The van der Waals surface area contributed by atoms with Crippen molar-refractivity contribution in [3.63, 3.8) is 0 Å². The van der Waals surface area contributed by atoms with Crippen molar-refractivity contribution in [3.05, 3.63) is 35.4 Å². The van der Waals surface area contributed by atoms with Crippen LogP contribution in [0.15, 0.2) is 24.3 Å². The van der Waals surface area contributed by atoms with E-state index in [-0.39, 0.29) is 30.2 Å². The first-order valence-electron chi connectivity index (χ1n) is 8.00. The molecule has 1 saturated carbocycles. The summed E-state index contributed by atoms with van der Waals surface area (Å²) in [6.45, 7) is 3.95. The van der Waals surface area contributed by atoms with E-state index in [4.69, 9.17) is 4.74 Å². The average Bonchev–Trinajstić information content (AvgIpc) is 3.26. The van der Waals surface area contributed by atoms with Crippen LogP contribution in [0.1, 0.15) is 42.6 Å². The number of hydrogen-bond acceptors (Lipinski definition) is 4. The molecule has 0 radical (unpaired) electrons. The van der Waals surface area contributed by atoms with E-state index in [1.165, 1.54) is 6.92 Å². The Labute approximate surface area is 136 Å². The van der Waals surface area contributed by atoms with E-state index < -0.39 is 0 Å². The second-order valence-electron chi connectivity index (χ2n) is 6.13. The maximum absolute atomic E-state index is 12.0. The summed E-state index contributed by atoms with van der Waals surface area (Å²) in [7, 11) is 0. The second kappa shape index (κ2) is 7.90. The Morgan fingerprint density at radius 1 is 1.22 bits per heavy atom. The van der Waals surface area contributed by atoms with Gasteiger partial charge in [-0.2, -0.15) is 0 Å². The van der Waals surface area contributed by atoms with Crippen molar-refractivity contribution in [1.82, 2.24) is 5.32 Å². The summed E-state index contributed by atoms with van der Waals surface area (Å²) < 4.78 is 5.06. The van der Waals surface area contributed by atoms with Crippen LogP contribution in [0.5, 0.6) is 0 Å². The number of ketones is 1. The molecule has 0 aliphatic heterocycles. The number of amides is 1. The highest BCUT2D eigenvalue weighted by atomic mass is 16.5. The number of nitrogens with one attached hydrogen (secondary N) is 1. The molecular weight excluding hydrogens is 294 g/mol. The van der Waals surface area contributed by atoms with E-state index in [1.54, 1.807) is 12.1 Å². The number of rotatable bonds is 8. The zero-order chi connectivity index (χ0) is 16.8. The highest BCUT2D eigenvalue weighted by Gasteiger charge is 2.40. The normalized spacial score (nSPS) is 19.0. The van der Waals surface area contributed by atoms with Gasteiger partial charge in [0.15, 0.2) is 12.4 Å². The molecule has 0 aromatic heterocycles. The van der Waals surface area contributed by atoms with Crippen molar-refractivity contribution in [1.29, 1.82) is 0 Å². The molecule has 1 aliphatic rings. The first-order valence-corrected chi connectivity index (χ1v) is 8.00.